The molecule has 0 fully saturated rings. The Morgan fingerprint density at radius 1 is 0.667 bits per heavy atom. The average Bonchev–Trinajstić information content (AvgIpc) is 3.72. The Bertz CT molecular complexity index is 2080. The highest BCUT2D eigenvalue weighted by Crippen LogP contribution is 2.37. The Balaban J connectivity index is 1.23. The maximum absolute atomic E-state index is 4.81. The number of nitrogens with zero attached hydrogens (tertiary/aromatic N) is 5. The van der Waals surface area contributed by atoms with Crippen LogP contribution in [0.25, 0.3) is 38.8 Å². The molecule has 0 aliphatic rings. The van der Waals surface area contributed by atoms with E-state index < -0.39 is 7.92 Å². The Kier molecular flexibility index (Phi) is 8.01. The molecule has 7 rings (SSSR count). The lowest BCUT2D eigenvalue weighted by Crippen LogP contribution is -2.17. The summed E-state index contributed by atoms with van der Waals surface area (Å²) < 4.78 is 4.15. The summed E-state index contributed by atoms with van der Waals surface area (Å²) in [7, 11) is 1.02. The van der Waals surface area contributed by atoms with Gasteiger partial charge in [0.2, 0.25) is 0 Å². The van der Waals surface area contributed by atoms with Gasteiger partial charge in [-0.2, -0.15) is 0 Å². The van der Waals surface area contributed by atoms with Crippen molar-refractivity contribution in [2.75, 3.05) is 7.05 Å². The van der Waals surface area contributed by atoms with E-state index >= 15 is 0 Å². The third-order valence-corrected chi connectivity index (χ3v) is 10.3. The number of rotatable bonds is 8. The third-order valence-electron chi connectivity index (χ3n) is 7.86. The van der Waals surface area contributed by atoms with Crippen molar-refractivity contribution in [1.29, 1.82) is 0 Å². The van der Waals surface area contributed by atoms with Crippen LogP contribution in [0, 0.1) is 0 Å². The molecule has 0 saturated carbocycles. The second-order valence-electron chi connectivity index (χ2n) is 10.6. The summed E-state index contributed by atoms with van der Waals surface area (Å²) in [6, 6.07) is 46.8. The van der Waals surface area contributed by atoms with Gasteiger partial charge in [-0.3, -0.25) is 4.99 Å². The van der Waals surface area contributed by atoms with Crippen LogP contribution in [-0.2, 0) is 0 Å². The molecule has 0 saturated heterocycles. The van der Waals surface area contributed by atoms with Crippen molar-refractivity contribution >= 4 is 51.4 Å². The normalized spacial score (nSPS) is 12.6. The van der Waals surface area contributed by atoms with Gasteiger partial charge in [0.25, 0.3) is 0 Å². The van der Waals surface area contributed by atoms with Crippen LogP contribution in [0.3, 0.4) is 0 Å². The van der Waals surface area contributed by atoms with Gasteiger partial charge in [-0.1, -0.05) is 114 Å². The number of aromatic nitrogens is 4. The minimum absolute atomic E-state index is 0.789. The zero-order chi connectivity index (χ0) is 30.6. The third kappa shape index (κ3) is 5.55. The summed E-state index contributed by atoms with van der Waals surface area (Å²) in [5.41, 5.74) is 7.19. The van der Waals surface area contributed by atoms with E-state index in [1.54, 1.807) is 0 Å². The maximum Gasteiger partial charge on any atom is 0.113 e. The van der Waals surface area contributed by atoms with Gasteiger partial charge in [0.1, 0.15) is 5.69 Å². The highest BCUT2D eigenvalue weighted by atomic mass is 31.1. The molecule has 0 spiro atoms. The van der Waals surface area contributed by atoms with Gasteiger partial charge in [-0.25, -0.2) is 4.68 Å². The van der Waals surface area contributed by atoms with E-state index in [0.717, 1.165) is 28.1 Å². The molecular weight excluding hydrogens is 569 g/mol. The average molecular weight is 602 g/mol. The lowest BCUT2D eigenvalue weighted by Gasteiger charge is -2.19. The Hall–Kier alpha value is -5.38. The Morgan fingerprint density at radius 2 is 1.20 bits per heavy atom. The number of benzene rings is 5. The largest absolute Gasteiger partial charge is 0.309 e. The molecule has 2 heterocycles. The van der Waals surface area contributed by atoms with E-state index in [1.807, 2.05) is 30.9 Å². The van der Waals surface area contributed by atoms with E-state index in [1.165, 1.54) is 32.4 Å². The molecule has 0 N–H and O–H groups in total. The molecule has 0 bridgehead atoms. The van der Waals surface area contributed by atoms with Crippen LogP contribution in [0.15, 0.2) is 163 Å². The molecule has 5 aromatic carbocycles. The number of aliphatic imine (C=N–C) groups is 1. The second-order valence-corrected chi connectivity index (χ2v) is 12.8. The molecule has 2 aromatic heterocycles. The number of hydrogen-bond acceptors (Lipinski definition) is 3. The van der Waals surface area contributed by atoms with Crippen LogP contribution in [0.1, 0.15) is 12.6 Å². The van der Waals surface area contributed by atoms with Crippen LogP contribution in [0.2, 0.25) is 0 Å². The lowest BCUT2D eigenvalue weighted by atomic mass is 10.2. The van der Waals surface area contributed by atoms with Gasteiger partial charge in [0.15, 0.2) is 0 Å². The smallest absolute Gasteiger partial charge is 0.113 e. The molecule has 0 unspecified atom stereocenters. The van der Waals surface area contributed by atoms with E-state index in [2.05, 4.69) is 160 Å². The van der Waals surface area contributed by atoms with Gasteiger partial charge in [0, 0.05) is 37.0 Å². The molecule has 0 amide bonds. The van der Waals surface area contributed by atoms with Crippen molar-refractivity contribution in [1.82, 2.24) is 19.6 Å². The summed E-state index contributed by atoms with van der Waals surface area (Å²) in [6.07, 6.45) is 8.26. The Morgan fingerprint density at radius 3 is 1.76 bits per heavy atom. The van der Waals surface area contributed by atoms with Gasteiger partial charge in [-0.05, 0) is 60.0 Å². The van der Waals surface area contributed by atoms with E-state index in [4.69, 9.17) is 4.99 Å². The standard InChI is InChI=1S/C39H32N5P/c1-3-14-29(27-39(40-2)45(32-15-6-4-7-16-32)33-17-8-5-9-18-33)36-28-43(42-41-36)30-23-25-31(26-24-30)44-37-21-12-10-19-34(37)35-20-11-13-22-38(35)44/h3-28H,1-2H3/b14-3-,29-27+,40-39-. The predicted molar refractivity (Wildman–Crippen MR) is 191 cm³/mol. The monoisotopic (exact) mass is 601 g/mol. The summed E-state index contributed by atoms with van der Waals surface area (Å²) in [5.74, 6) is 0. The van der Waals surface area contributed by atoms with Crippen LogP contribution < -0.4 is 10.6 Å². The van der Waals surface area contributed by atoms with Crippen LogP contribution in [0.5, 0.6) is 0 Å². The molecule has 7 aromatic rings. The molecule has 0 atom stereocenters. The molecular formula is C39H32N5P. The number of fused-ring (bicyclic) bond motifs is 3. The first kappa shape index (κ1) is 28.4. The second kappa shape index (κ2) is 12.7. The Labute approximate surface area is 264 Å². The van der Waals surface area contributed by atoms with Crippen LogP contribution in [0.4, 0.5) is 0 Å². The van der Waals surface area contributed by atoms with Crippen molar-refractivity contribution < 1.29 is 0 Å². The van der Waals surface area contributed by atoms with Crippen LogP contribution >= 0.6 is 7.92 Å². The van der Waals surface area contributed by atoms with Crippen molar-refractivity contribution in [2.45, 2.75) is 6.92 Å². The zero-order valence-electron chi connectivity index (χ0n) is 25.2. The predicted octanol–water partition coefficient (Wildman–Crippen LogP) is 8.49. The SMILES string of the molecule is C\C=C/C(=C\C(=N\C)P(c1ccccc1)c1ccccc1)c1cn(-c2ccc(-n3c4ccccc4c4ccccc43)cc2)nn1. The van der Waals surface area contributed by atoms with E-state index in [-0.39, 0.29) is 0 Å². The van der Waals surface area contributed by atoms with Gasteiger partial charge in [0.05, 0.1) is 28.4 Å². The zero-order valence-corrected chi connectivity index (χ0v) is 26.1. The van der Waals surface area contributed by atoms with Gasteiger partial charge >= 0.3 is 0 Å². The molecule has 218 valence electrons. The van der Waals surface area contributed by atoms with E-state index in [9.17, 15) is 0 Å². The first-order chi connectivity index (χ1) is 22.2. The quantitative estimate of drug-likeness (QED) is 0.0997. The van der Waals surface area contributed by atoms with Crippen molar-refractivity contribution in [3.63, 3.8) is 0 Å². The number of allylic oxidation sites excluding steroid dienone is 4. The lowest BCUT2D eigenvalue weighted by molar-refractivity contribution is 0.802. The van der Waals surface area contributed by atoms with Crippen molar-refractivity contribution in [3.05, 3.63) is 164 Å². The summed E-state index contributed by atoms with van der Waals surface area (Å²) in [4.78, 5) is 4.81. The summed E-state index contributed by atoms with van der Waals surface area (Å²) in [6.45, 7) is 2.02. The highest BCUT2D eigenvalue weighted by Gasteiger charge is 2.20. The minimum Gasteiger partial charge on any atom is -0.309 e. The molecule has 0 aliphatic heterocycles. The minimum atomic E-state index is -0.850. The fourth-order valence-electron chi connectivity index (χ4n) is 5.80. The van der Waals surface area contributed by atoms with Crippen molar-refractivity contribution in [3.8, 4) is 11.4 Å². The van der Waals surface area contributed by atoms with Gasteiger partial charge < -0.3 is 4.57 Å². The van der Waals surface area contributed by atoms with E-state index in [0.29, 0.717) is 0 Å². The summed E-state index contributed by atoms with van der Waals surface area (Å²) >= 11 is 0. The fraction of sp³-hybridized carbons (Fsp3) is 0.0513. The molecule has 0 aliphatic carbocycles. The fourth-order valence-corrected chi connectivity index (χ4v) is 8.04. The number of hydrogen-bond donors (Lipinski definition) is 0. The van der Waals surface area contributed by atoms with Gasteiger partial charge in [-0.15, -0.1) is 5.10 Å². The molecule has 45 heavy (non-hydrogen) atoms. The molecule has 6 heteroatoms. The number of para-hydroxylation sites is 2. The van der Waals surface area contributed by atoms with Crippen molar-refractivity contribution in [2.24, 2.45) is 4.99 Å². The summed E-state index contributed by atoms with van der Waals surface area (Å²) in [5, 5.41) is 14.1. The van der Waals surface area contributed by atoms with Crippen LogP contribution in [-0.4, -0.2) is 32.1 Å². The first-order valence-corrected chi connectivity index (χ1v) is 16.3. The molecule has 0 radical (unpaired) electrons. The highest BCUT2D eigenvalue weighted by molar-refractivity contribution is 7.88. The first-order valence-electron chi connectivity index (χ1n) is 15.0. The maximum atomic E-state index is 4.81. The topological polar surface area (TPSA) is 48.0 Å². The molecule has 5 nitrogen and oxygen atoms in total.